The monoisotopic (exact) mass is 442 g/mol. The molecule has 0 saturated carbocycles. The highest BCUT2D eigenvalue weighted by Crippen LogP contribution is 2.15. The third-order valence-corrected chi connectivity index (χ3v) is 4.24. The molecule has 1 aliphatic heterocycles. The van der Waals surface area contributed by atoms with E-state index in [9.17, 15) is 4.79 Å². The molecule has 2 aromatic rings. The van der Waals surface area contributed by atoms with Gasteiger partial charge in [0.05, 0.1) is 6.54 Å². The minimum absolute atomic E-state index is 0. The molecule has 0 aliphatic carbocycles. The summed E-state index contributed by atoms with van der Waals surface area (Å²) in [6, 6.07) is 7.91. The summed E-state index contributed by atoms with van der Waals surface area (Å²) >= 11 is 0. The lowest BCUT2D eigenvalue weighted by molar-refractivity contribution is 0.0905. The first-order chi connectivity index (χ1) is 11.1. The van der Waals surface area contributed by atoms with Gasteiger partial charge in [-0.05, 0) is 31.4 Å². The lowest BCUT2D eigenvalue weighted by Gasteiger charge is -2.31. The van der Waals surface area contributed by atoms with E-state index in [0.29, 0.717) is 18.3 Å². The molecule has 1 aliphatic rings. The zero-order chi connectivity index (χ0) is 16.2. The molecule has 24 heavy (non-hydrogen) atoms. The Labute approximate surface area is 159 Å². The molecule has 1 aromatic heterocycles. The zero-order valence-electron chi connectivity index (χ0n) is 14.0. The van der Waals surface area contributed by atoms with E-state index in [1.165, 1.54) is 0 Å². The maximum absolute atomic E-state index is 12.4. The maximum atomic E-state index is 12.4. The fourth-order valence-corrected chi connectivity index (χ4v) is 2.92. The second-order valence-electron chi connectivity index (χ2n) is 6.05. The average Bonchev–Trinajstić information content (AvgIpc) is 2.95. The van der Waals surface area contributed by atoms with Crippen LogP contribution in [0.2, 0.25) is 0 Å². The van der Waals surface area contributed by atoms with Gasteiger partial charge in [0.15, 0.2) is 0 Å². The van der Waals surface area contributed by atoms with Crippen molar-refractivity contribution < 1.29 is 9.21 Å². The van der Waals surface area contributed by atoms with Crippen molar-refractivity contribution in [1.29, 1.82) is 0 Å². The Morgan fingerprint density at radius 2 is 1.96 bits per heavy atom. The molecular weight excluding hydrogens is 419 g/mol. The smallest absolute Gasteiger partial charge is 0.251 e. The topological polar surface area (TPSA) is 71.3 Å². The predicted molar refractivity (Wildman–Crippen MR) is 101 cm³/mol. The van der Waals surface area contributed by atoms with Gasteiger partial charge in [-0.25, -0.2) is 0 Å². The first-order valence-electron chi connectivity index (χ1n) is 7.99. The Morgan fingerprint density at radius 1 is 1.25 bits per heavy atom. The molecule has 0 spiro atoms. The lowest BCUT2D eigenvalue weighted by atomic mass is 10.0. The molecule has 130 valence electrons. The van der Waals surface area contributed by atoms with Gasteiger partial charge in [0.1, 0.15) is 0 Å². The number of halogens is 1. The van der Waals surface area contributed by atoms with E-state index in [1.807, 2.05) is 31.2 Å². The minimum Gasteiger partial charge on any atom is -0.424 e. The molecule has 1 fully saturated rings. The van der Waals surface area contributed by atoms with Crippen LogP contribution in [0.3, 0.4) is 0 Å². The highest BCUT2D eigenvalue weighted by atomic mass is 127. The van der Waals surface area contributed by atoms with Crippen LogP contribution < -0.4 is 5.32 Å². The van der Waals surface area contributed by atoms with Crippen molar-refractivity contribution in [3.8, 4) is 0 Å². The van der Waals surface area contributed by atoms with Gasteiger partial charge in [-0.2, -0.15) is 0 Å². The van der Waals surface area contributed by atoms with Crippen LogP contribution in [0.1, 0.15) is 40.5 Å². The molecule has 7 heteroatoms. The van der Waals surface area contributed by atoms with Crippen LogP contribution in [-0.4, -0.2) is 40.1 Å². The Bertz CT molecular complexity index is 681. The van der Waals surface area contributed by atoms with E-state index in [2.05, 4.69) is 20.4 Å². The SMILES string of the molecule is Cc1nnc(CN2CCC(NC(=O)c3ccccc3C)CC2)o1.I. The summed E-state index contributed by atoms with van der Waals surface area (Å²) in [7, 11) is 0. The molecule has 2 heterocycles. The highest BCUT2D eigenvalue weighted by Gasteiger charge is 2.22. The van der Waals surface area contributed by atoms with Gasteiger partial charge in [0.2, 0.25) is 11.8 Å². The fraction of sp³-hybridized carbons (Fsp3) is 0.471. The van der Waals surface area contributed by atoms with E-state index in [0.717, 1.165) is 37.1 Å². The number of rotatable bonds is 4. The number of amides is 1. The van der Waals surface area contributed by atoms with Crippen LogP contribution in [0.5, 0.6) is 0 Å². The molecule has 1 amide bonds. The first-order valence-corrected chi connectivity index (χ1v) is 7.99. The maximum Gasteiger partial charge on any atom is 0.251 e. The van der Waals surface area contributed by atoms with Crippen LogP contribution in [-0.2, 0) is 6.54 Å². The predicted octanol–water partition coefficient (Wildman–Crippen LogP) is 2.70. The molecular formula is C17H23IN4O2. The molecule has 6 nitrogen and oxygen atoms in total. The van der Waals surface area contributed by atoms with Crippen LogP contribution in [0, 0.1) is 13.8 Å². The summed E-state index contributed by atoms with van der Waals surface area (Å²) in [6.45, 7) is 6.27. The number of carbonyl (C=O) groups is 1. The Kier molecular flexibility index (Phi) is 6.73. The second kappa shape index (κ2) is 8.57. The largest absolute Gasteiger partial charge is 0.424 e. The molecule has 0 radical (unpaired) electrons. The van der Waals surface area contributed by atoms with Gasteiger partial charge < -0.3 is 9.73 Å². The van der Waals surface area contributed by atoms with Crippen LogP contribution >= 0.6 is 24.0 Å². The van der Waals surface area contributed by atoms with E-state index in [1.54, 1.807) is 6.92 Å². The Balaban J connectivity index is 0.00000208. The number of benzene rings is 1. The summed E-state index contributed by atoms with van der Waals surface area (Å²) in [5.74, 6) is 1.28. The van der Waals surface area contributed by atoms with Crippen molar-refractivity contribution in [1.82, 2.24) is 20.4 Å². The summed E-state index contributed by atoms with van der Waals surface area (Å²) in [5.41, 5.74) is 1.77. The quantitative estimate of drug-likeness (QED) is 0.738. The van der Waals surface area contributed by atoms with Gasteiger partial charge in [-0.15, -0.1) is 34.2 Å². The van der Waals surface area contributed by atoms with Crippen LogP contribution in [0.15, 0.2) is 28.7 Å². The van der Waals surface area contributed by atoms with E-state index < -0.39 is 0 Å². The molecule has 0 unspecified atom stereocenters. The fourth-order valence-electron chi connectivity index (χ4n) is 2.92. The standard InChI is InChI=1S/C17H22N4O2.HI/c1-12-5-3-4-6-15(12)17(22)18-14-7-9-21(10-8-14)11-16-20-19-13(2)23-16;/h3-6,14H,7-11H2,1-2H3,(H,18,22);1H. The van der Waals surface area contributed by atoms with Crippen molar-refractivity contribution in [2.45, 2.75) is 39.3 Å². The molecule has 1 aromatic carbocycles. The number of likely N-dealkylation sites (tertiary alicyclic amines) is 1. The molecule has 0 bridgehead atoms. The van der Waals surface area contributed by atoms with Gasteiger partial charge in [0, 0.05) is 31.6 Å². The minimum atomic E-state index is 0. The van der Waals surface area contributed by atoms with E-state index >= 15 is 0 Å². The number of hydrogen-bond donors (Lipinski definition) is 1. The number of nitrogens with zero attached hydrogens (tertiary/aromatic N) is 3. The number of hydrogen-bond acceptors (Lipinski definition) is 5. The van der Waals surface area contributed by atoms with Gasteiger partial charge >= 0.3 is 0 Å². The van der Waals surface area contributed by atoms with Crippen molar-refractivity contribution in [2.24, 2.45) is 0 Å². The van der Waals surface area contributed by atoms with Gasteiger partial charge in [-0.3, -0.25) is 9.69 Å². The van der Waals surface area contributed by atoms with Crippen LogP contribution in [0.4, 0.5) is 0 Å². The third kappa shape index (κ3) is 4.76. The lowest BCUT2D eigenvalue weighted by Crippen LogP contribution is -2.44. The Hall–Kier alpha value is -1.48. The summed E-state index contributed by atoms with van der Waals surface area (Å²) in [5, 5.41) is 11.0. The second-order valence-corrected chi connectivity index (χ2v) is 6.05. The van der Waals surface area contributed by atoms with Crippen molar-refractivity contribution >= 4 is 29.9 Å². The summed E-state index contributed by atoms with van der Waals surface area (Å²) in [4.78, 5) is 14.6. The molecule has 1 saturated heterocycles. The summed E-state index contributed by atoms with van der Waals surface area (Å²) < 4.78 is 5.42. The highest BCUT2D eigenvalue weighted by molar-refractivity contribution is 14.0. The van der Waals surface area contributed by atoms with Crippen LogP contribution in [0.25, 0.3) is 0 Å². The number of nitrogens with one attached hydrogen (secondary N) is 1. The van der Waals surface area contributed by atoms with Gasteiger partial charge in [0.25, 0.3) is 5.91 Å². The van der Waals surface area contributed by atoms with Crippen molar-refractivity contribution in [2.75, 3.05) is 13.1 Å². The normalized spacial score (nSPS) is 15.8. The number of carbonyl (C=O) groups excluding carboxylic acids is 1. The number of aryl methyl sites for hydroxylation is 2. The molecule has 3 rings (SSSR count). The van der Waals surface area contributed by atoms with E-state index in [-0.39, 0.29) is 35.9 Å². The number of aromatic nitrogens is 2. The third-order valence-electron chi connectivity index (χ3n) is 4.24. The molecule has 1 N–H and O–H groups in total. The average molecular weight is 442 g/mol. The summed E-state index contributed by atoms with van der Waals surface area (Å²) in [6.07, 6.45) is 1.87. The molecule has 0 atom stereocenters. The number of piperidine rings is 1. The van der Waals surface area contributed by atoms with Crippen molar-refractivity contribution in [3.63, 3.8) is 0 Å². The zero-order valence-corrected chi connectivity index (χ0v) is 16.3. The Morgan fingerprint density at radius 3 is 2.58 bits per heavy atom. The van der Waals surface area contributed by atoms with E-state index in [4.69, 9.17) is 4.42 Å². The van der Waals surface area contributed by atoms with Gasteiger partial charge in [-0.1, -0.05) is 18.2 Å². The van der Waals surface area contributed by atoms with Crippen molar-refractivity contribution in [3.05, 3.63) is 47.2 Å². The first kappa shape index (κ1) is 18.9.